The first kappa shape index (κ1) is 50.3. The van der Waals surface area contributed by atoms with Gasteiger partial charge in [-0.2, -0.15) is 0 Å². The molecule has 0 atom stereocenters. The Bertz CT molecular complexity index is 1920. The molecule has 0 saturated heterocycles. The van der Waals surface area contributed by atoms with Crippen molar-refractivity contribution in [3.8, 4) is 28.0 Å². The van der Waals surface area contributed by atoms with Crippen molar-refractivity contribution in [3.63, 3.8) is 0 Å². The van der Waals surface area contributed by atoms with Gasteiger partial charge in [0.2, 0.25) is 0 Å². The Hall–Kier alpha value is -4.32. The van der Waals surface area contributed by atoms with Gasteiger partial charge in [-0.25, -0.2) is 0 Å². The number of hydrogen-bond donors (Lipinski definition) is 0. The van der Waals surface area contributed by atoms with Gasteiger partial charge in [0.05, 0.1) is 12.3 Å². The Morgan fingerprint density at radius 1 is 0.613 bits per heavy atom. The molecule has 0 N–H and O–H groups in total. The van der Waals surface area contributed by atoms with Crippen LogP contribution in [0.1, 0.15) is 161 Å². The number of aromatic nitrogens is 1. The van der Waals surface area contributed by atoms with Crippen LogP contribution < -0.4 is 4.74 Å². The fourth-order valence-corrected chi connectivity index (χ4v) is 7.95. The standard InChI is InChI=1S/C45H60N2O.C12H16N.Co/c1-2-3-4-5-6-7-8-9-10-11-12-13-14-15-16-17-18-25-35-48-45-43(40-28-21-19-22-29-40)36-42(37-44(45)41-30-23-20-24-31-41)47-34-32-39-27-26-33-46-38-39;1-5-13-11-9-7-6-8-10(11)12(2,3)4;/h19-24,26-31,33-34,36-38H,2-18,25,32,35H2,1H3;6-9H,1-4H3;. The predicted molar refractivity (Wildman–Crippen MR) is 266 cm³/mol. The van der Waals surface area contributed by atoms with Crippen LogP contribution in [-0.4, -0.2) is 22.5 Å². The molecule has 5 aromatic rings. The van der Waals surface area contributed by atoms with Crippen LogP contribution >= 0.6 is 0 Å². The molecule has 0 bridgehead atoms. The molecule has 0 amide bonds. The van der Waals surface area contributed by atoms with E-state index in [4.69, 9.17) is 9.73 Å². The van der Waals surface area contributed by atoms with Gasteiger partial charge in [-0.15, -0.1) is 0 Å². The zero-order valence-electron chi connectivity index (χ0n) is 38.8. The number of rotatable bonds is 26. The van der Waals surface area contributed by atoms with Crippen molar-refractivity contribution in [3.05, 3.63) is 133 Å². The summed E-state index contributed by atoms with van der Waals surface area (Å²) in [6, 6.07) is 37.8. The van der Waals surface area contributed by atoms with E-state index in [0.717, 1.165) is 69.0 Å². The van der Waals surface area contributed by atoms with Crippen LogP contribution in [0.3, 0.4) is 0 Å². The molecular weight excluding hydrogens is 802 g/mol. The Morgan fingerprint density at radius 2 is 1.10 bits per heavy atom. The van der Waals surface area contributed by atoms with Crippen molar-refractivity contribution >= 4 is 22.2 Å². The van der Waals surface area contributed by atoms with Gasteiger partial charge in [0.1, 0.15) is 5.75 Å². The summed E-state index contributed by atoms with van der Waals surface area (Å²) >= 11 is 4.25. The molecule has 0 fully saturated rings. The van der Waals surface area contributed by atoms with E-state index in [1.165, 1.54) is 115 Å². The molecule has 0 aliphatic rings. The molecule has 4 aromatic carbocycles. The second-order valence-corrected chi connectivity index (χ2v) is 18.4. The summed E-state index contributed by atoms with van der Waals surface area (Å²) in [5.41, 5.74) is 8.95. The quantitative estimate of drug-likeness (QED) is 0.0410. The zero-order chi connectivity index (χ0) is 44.1. The second-order valence-electron chi connectivity index (χ2n) is 17.7. The van der Waals surface area contributed by atoms with E-state index in [9.17, 15) is 0 Å². The molecule has 334 valence electrons. The fourth-order valence-electron chi connectivity index (χ4n) is 7.83. The van der Waals surface area contributed by atoms with E-state index < -0.39 is 0 Å². The molecule has 4 nitrogen and oxygen atoms in total. The third-order valence-electron chi connectivity index (χ3n) is 11.3. The first-order chi connectivity index (χ1) is 30.3. The van der Waals surface area contributed by atoms with Crippen LogP contribution in [0.4, 0.5) is 11.4 Å². The van der Waals surface area contributed by atoms with Crippen LogP contribution in [-0.2, 0) is 27.6 Å². The molecule has 0 aliphatic heterocycles. The fraction of sp³-hybridized carbons (Fsp3) is 0.456. The molecule has 62 heavy (non-hydrogen) atoms. The minimum absolute atomic E-state index is 0.128. The molecule has 1 aromatic heterocycles. The number of nitrogens with zero attached hydrogens (tertiary/aromatic N) is 3. The van der Waals surface area contributed by atoms with Gasteiger partial charge < -0.3 is 4.74 Å². The molecule has 0 aliphatic carbocycles. The van der Waals surface area contributed by atoms with Crippen LogP contribution in [0.15, 0.2) is 132 Å². The van der Waals surface area contributed by atoms with Gasteiger partial charge in [0.15, 0.2) is 0 Å². The molecule has 0 spiro atoms. The summed E-state index contributed by atoms with van der Waals surface area (Å²) < 4.78 is 7.46. The Morgan fingerprint density at radius 3 is 1.56 bits per heavy atom. The van der Waals surface area contributed by atoms with Crippen molar-refractivity contribution in [1.29, 1.82) is 0 Å². The summed E-state index contributed by atoms with van der Waals surface area (Å²) in [4.78, 5) is 13.5. The molecule has 0 radical (unpaired) electrons. The Kier molecular flexibility index (Phi) is 24.3. The van der Waals surface area contributed by atoms with Gasteiger partial charge in [0.25, 0.3) is 0 Å². The SMILES string of the molecule is CCCCCCCCCCCCCCCCCCCCOc1c(-c2ccccc2)cc(N=CCc2cccnc2)cc1-c1ccccc1.C[C]([Co])=Nc1ccccc1C(C)(C)C. The maximum atomic E-state index is 6.67. The number of hydrogen-bond acceptors (Lipinski definition) is 4. The summed E-state index contributed by atoms with van der Waals surface area (Å²) in [5, 5.41) is 0. The average molecular weight is 878 g/mol. The Labute approximate surface area is 385 Å². The maximum absolute atomic E-state index is 6.67. The van der Waals surface area contributed by atoms with Crippen molar-refractivity contribution in [2.45, 2.75) is 162 Å². The van der Waals surface area contributed by atoms with Crippen LogP contribution in [0, 0.1) is 0 Å². The van der Waals surface area contributed by atoms with E-state index in [0.29, 0.717) is 0 Å². The second kappa shape index (κ2) is 29.9. The average Bonchev–Trinajstić information content (AvgIpc) is 3.28. The van der Waals surface area contributed by atoms with Crippen molar-refractivity contribution < 1.29 is 20.5 Å². The van der Waals surface area contributed by atoms with E-state index in [1.807, 2.05) is 43.6 Å². The number of aliphatic imine (C=N–C) groups is 2. The van der Waals surface area contributed by atoms with Gasteiger partial charge in [-0.1, -0.05) is 183 Å². The van der Waals surface area contributed by atoms with Crippen molar-refractivity contribution in [2.24, 2.45) is 9.98 Å². The molecule has 5 heteroatoms. The third-order valence-corrected chi connectivity index (χ3v) is 11.4. The first-order valence-corrected chi connectivity index (χ1v) is 24.4. The number of unbranched alkanes of at least 4 members (excludes halogenated alkanes) is 17. The minimum atomic E-state index is 0.128. The van der Waals surface area contributed by atoms with Crippen molar-refractivity contribution in [1.82, 2.24) is 4.98 Å². The molecule has 1 heterocycles. The summed E-state index contributed by atoms with van der Waals surface area (Å²) in [6.45, 7) is 11.5. The number of pyridine rings is 1. The van der Waals surface area contributed by atoms with Crippen LogP contribution in [0.2, 0.25) is 0 Å². The van der Waals surface area contributed by atoms with E-state index in [1.54, 1.807) is 6.20 Å². The summed E-state index contributed by atoms with van der Waals surface area (Å²) in [7, 11) is 0. The van der Waals surface area contributed by atoms with Gasteiger partial charge in [-0.3, -0.25) is 9.98 Å². The van der Waals surface area contributed by atoms with Crippen LogP contribution in [0.25, 0.3) is 22.3 Å². The third kappa shape index (κ3) is 19.8. The summed E-state index contributed by atoms with van der Waals surface area (Å²) in [6.07, 6.45) is 31.3. The molecular formula is C57H76CoN3O. The zero-order valence-corrected chi connectivity index (χ0v) is 39.9. The van der Waals surface area contributed by atoms with Gasteiger partial charge >= 0.3 is 94.0 Å². The normalized spacial score (nSPS) is 11.8. The monoisotopic (exact) mass is 878 g/mol. The first-order valence-electron chi connectivity index (χ1n) is 23.9. The molecule has 0 saturated carbocycles. The molecule has 0 unspecified atom stereocenters. The Balaban J connectivity index is 0.000000511. The number of ether oxygens (including phenoxy) is 1. The number of benzene rings is 4. The topological polar surface area (TPSA) is 46.8 Å². The van der Waals surface area contributed by atoms with Crippen LogP contribution in [0.5, 0.6) is 5.75 Å². The van der Waals surface area contributed by atoms with E-state index in [-0.39, 0.29) is 5.41 Å². The van der Waals surface area contributed by atoms with Gasteiger partial charge in [0, 0.05) is 36.2 Å². The van der Waals surface area contributed by atoms with Crippen molar-refractivity contribution in [2.75, 3.05) is 6.61 Å². The van der Waals surface area contributed by atoms with Gasteiger partial charge in [-0.05, 0) is 41.3 Å². The predicted octanol–water partition coefficient (Wildman–Crippen LogP) is 17.4. The van der Waals surface area contributed by atoms with E-state index >= 15 is 0 Å². The summed E-state index contributed by atoms with van der Waals surface area (Å²) in [5.74, 6) is 0.950. The van der Waals surface area contributed by atoms with E-state index in [2.05, 4.69) is 138 Å². The molecule has 5 rings (SSSR count). The number of para-hydroxylation sites is 1.